The summed E-state index contributed by atoms with van der Waals surface area (Å²) in [6, 6.07) is 0.702. The van der Waals surface area contributed by atoms with Crippen molar-refractivity contribution in [1.29, 1.82) is 0 Å². The summed E-state index contributed by atoms with van der Waals surface area (Å²) in [6.45, 7) is 3.38. The molecule has 0 radical (unpaired) electrons. The topological polar surface area (TPSA) is 42.2 Å². The van der Waals surface area contributed by atoms with Gasteiger partial charge in [0.1, 0.15) is 0 Å². The maximum Gasteiger partial charge on any atom is 0.0614 e. The van der Waals surface area contributed by atoms with Crippen molar-refractivity contribution in [2.45, 2.75) is 19.4 Å². The molecule has 52 valence electrons. The van der Waals surface area contributed by atoms with Gasteiger partial charge in [-0.3, -0.25) is 0 Å². The highest BCUT2D eigenvalue weighted by molar-refractivity contribution is 5.04. The summed E-state index contributed by atoms with van der Waals surface area (Å²) in [7, 11) is 0. The third kappa shape index (κ3) is 2.63. The monoisotopic (exact) mass is 127 g/mol. The van der Waals surface area contributed by atoms with E-state index in [1.807, 2.05) is 6.08 Å². The molecule has 0 amide bonds. The highest BCUT2D eigenvalue weighted by atomic mass is 16.2. The van der Waals surface area contributed by atoms with E-state index in [1.54, 1.807) is 0 Å². The minimum atomic E-state index is 0.179. The smallest absolute Gasteiger partial charge is 0.0614 e. The maximum atomic E-state index is 8.47. The van der Waals surface area contributed by atoms with E-state index in [1.165, 1.54) is 5.57 Å². The zero-order valence-corrected chi connectivity index (χ0v) is 5.72. The van der Waals surface area contributed by atoms with Gasteiger partial charge in [0.25, 0.3) is 0 Å². The highest BCUT2D eigenvalue weighted by Crippen LogP contribution is 2.10. The predicted molar refractivity (Wildman–Crippen MR) is 37.3 cm³/mol. The van der Waals surface area contributed by atoms with E-state index in [9.17, 15) is 0 Å². The fourth-order valence-electron chi connectivity index (χ4n) is 0.855. The second kappa shape index (κ2) is 2.99. The van der Waals surface area contributed by atoms with Gasteiger partial charge in [-0.1, -0.05) is 11.6 Å². The van der Waals surface area contributed by atoms with Gasteiger partial charge in [-0.05, 0) is 13.3 Å². The Morgan fingerprint density at radius 3 is 3.00 bits per heavy atom. The number of hydrogen-bond acceptors (Lipinski definition) is 2. The van der Waals surface area contributed by atoms with Gasteiger partial charge in [0.15, 0.2) is 0 Å². The summed E-state index contributed by atoms with van der Waals surface area (Å²) in [5.41, 5.74) is 1.28. The third-order valence-corrected chi connectivity index (χ3v) is 1.50. The van der Waals surface area contributed by atoms with Crippen molar-refractivity contribution < 1.29 is 5.11 Å². The molecule has 0 bridgehead atoms. The highest BCUT2D eigenvalue weighted by Gasteiger charge is 2.19. The molecule has 0 aliphatic carbocycles. The zero-order valence-electron chi connectivity index (χ0n) is 5.72. The van der Waals surface area contributed by atoms with E-state index in [0.29, 0.717) is 6.04 Å². The molecule has 0 spiro atoms. The molecule has 0 aromatic carbocycles. The first-order valence-electron chi connectivity index (χ1n) is 3.33. The number of rotatable bonds is 3. The zero-order chi connectivity index (χ0) is 6.69. The van der Waals surface area contributed by atoms with Crippen LogP contribution >= 0.6 is 0 Å². The van der Waals surface area contributed by atoms with Crippen LogP contribution in [0.4, 0.5) is 0 Å². The van der Waals surface area contributed by atoms with Crippen LogP contribution in [0.3, 0.4) is 0 Å². The van der Waals surface area contributed by atoms with E-state index in [-0.39, 0.29) is 6.61 Å². The largest absolute Gasteiger partial charge is 0.392 e. The number of aliphatic hydroxyl groups is 1. The summed E-state index contributed by atoms with van der Waals surface area (Å²) in [4.78, 5) is 0. The van der Waals surface area contributed by atoms with Crippen molar-refractivity contribution in [1.82, 2.24) is 5.32 Å². The van der Waals surface area contributed by atoms with Crippen LogP contribution in [-0.4, -0.2) is 24.3 Å². The van der Waals surface area contributed by atoms with Crippen molar-refractivity contribution in [2.24, 2.45) is 0 Å². The fraction of sp³-hybridized carbons (Fsp3) is 0.714. The minimum absolute atomic E-state index is 0.179. The molecule has 1 unspecified atom stereocenters. The van der Waals surface area contributed by atoms with E-state index < -0.39 is 0 Å². The predicted octanol–water partition coefficient (Wildman–Crippen LogP) is 0.287. The lowest BCUT2D eigenvalue weighted by molar-refractivity contribution is 0.341. The van der Waals surface area contributed by atoms with E-state index in [4.69, 9.17) is 5.11 Å². The van der Waals surface area contributed by atoms with Crippen LogP contribution < -0.4 is 5.32 Å². The third-order valence-electron chi connectivity index (χ3n) is 1.50. The first-order chi connectivity index (χ1) is 4.33. The van der Waals surface area contributed by atoms with Crippen LogP contribution in [0.15, 0.2) is 11.6 Å². The van der Waals surface area contributed by atoms with E-state index >= 15 is 0 Å². The standard InChI is InChI=1S/C7H13NO/c1-6(2-3-9)4-7-5-8-7/h2,7-9H,3-5H2,1H3. The molecule has 1 atom stereocenters. The lowest BCUT2D eigenvalue weighted by Gasteiger charge is -1.94. The Kier molecular flexibility index (Phi) is 2.25. The molecule has 1 aliphatic heterocycles. The molecule has 9 heavy (non-hydrogen) atoms. The first kappa shape index (κ1) is 6.78. The molecule has 2 nitrogen and oxygen atoms in total. The Labute approximate surface area is 55.6 Å². The van der Waals surface area contributed by atoms with E-state index in [0.717, 1.165) is 13.0 Å². The van der Waals surface area contributed by atoms with Gasteiger partial charge in [-0.15, -0.1) is 0 Å². The van der Waals surface area contributed by atoms with Gasteiger partial charge in [0, 0.05) is 12.6 Å². The van der Waals surface area contributed by atoms with Gasteiger partial charge in [0.2, 0.25) is 0 Å². The number of aliphatic hydroxyl groups excluding tert-OH is 1. The Bertz CT molecular complexity index is 116. The van der Waals surface area contributed by atoms with Crippen LogP contribution in [0.2, 0.25) is 0 Å². The molecule has 1 rings (SSSR count). The van der Waals surface area contributed by atoms with Crippen molar-refractivity contribution in [3.05, 3.63) is 11.6 Å². The molecule has 0 aromatic heterocycles. The average Bonchev–Trinajstić information content (AvgIpc) is 2.50. The Morgan fingerprint density at radius 2 is 2.56 bits per heavy atom. The molecular weight excluding hydrogens is 114 g/mol. The van der Waals surface area contributed by atoms with Crippen molar-refractivity contribution in [3.8, 4) is 0 Å². The van der Waals surface area contributed by atoms with Gasteiger partial charge in [0.05, 0.1) is 6.61 Å². The lowest BCUT2D eigenvalue weighted by Crippen LogP contribution is -1.91. The van der Waals surface area contributed by atoms with Crippen LogP contribution in [0.25, 0.3) is 0 Å². The SMILES string of the molecule is CC(=CCO)CC1CN1. The molecule has 0 aromatic rings. The van der Waals surface area contributed by atoms with Gasteiger partial charge >= 0.3 is 0 Å². The second-order valence-corrected chi connectivity index (χ2v) is 2.54. The first-order valence-corrected chi connectivity index (χ1v) is 3.33. The molecule has 1 heterocycles. The second-order valence-electron chi connectivity index (χ2n) is 2.54. The Balaban J connectivity index is 2.15. The van der Waals surface area contributed by atoms with Crippen LogP contribution in [0.1, 0.15) is 13.3 Å². The lowest BCUT2D eigenvalue weighted by atomic mass is 10.1. The minimum Gasteiger partial charge on any atom is -0.392 e. The number of nitrogens with one attached hydrogen (secondary N) is 1. The summed E-state index contributed by atoms with van der Waals surface area (Å²) in [6.07, 6.45) is 2.96. The normalized spacial score (nSPS) is 26.4. The molecule has 1 saturated heterocycles. The van der Waals surface area contributed by atoms with Crippen molar-refractivity contribution >= 4 is 0 Å². The number of hydrogen-bond donors (Lipinski definition) is 2. The molecule has 0 saturated carbocycles. The Hall–Kier alpha value is -0.340. The molecule has 2 N–H and O–H groups in total. The van der Waals surface area contributed by atoms with Crippen LogP contribution in [-0.2, 0) is 0 Å². The average molecular weight is 127 g/mol. The maximum absolute atomic E-state index is 8.47. The summed E-state index contributed by atoms with van der Waals surface area (Å²) in [5, 5.41) is 11.7. The molecule has 1 fully saturated rings. The van der Waals surface area contributed by atoms with Crippen molar-refractivity contribution in [3.63, 3.8) is 0 Å². The van der Waals surface area contributed by atoms with Gasteiger partial charge < -0.3 is 10.4 Å². The Morgan fingerprint density at radius 1 is 1.89 bits per heavy atom. The molecular formula is C7H13NO. The molecule has 2 heteroatoms. The van der Waals surface area contributed by atoms with Gasteiger partial charge in [-0.2, -0.15) is 0 Å². The quantitative estimate of drug-likeness (QED) is 0.422. The fourth-order valence-corrected chi connectivity index (χ4v) is 0.855. The summed E-state index contributed by atoms with van der Waals surface area (Å²) >= 11 is 0. The van der Waals surface area contributed by atoms with Crippen LogP contribution in [0, 0.1) is 0 Å². The summed E-state index contributed by atoms with van der Waals surface area (Å²) < 4.78 is 0. The van der Waals surface area contributed by atoms with E-state index in [2.05, 4.69) is 12.2 Å². The van der Waals surface area contributed by atoms with Crippen molar-refractivity contribution in [2.75, 3.05) is 13.2 Å². The van der Waals surface area contributed by atoms with Crippen LogP contribution in [0.5, 0.6) is 0 Å². The summed E-state index contributed by atoms with van der Waals surface area (Å²) in [5.74, 6) is 0. The van der Waals surface area contributed by atoms with Gasteiger partial charge in [-0.25, -0.2) is 0 Å². The molecule has 1 aliphatic rings.